The highest BCUT2D eigenvalue weighted by molar-refractivity contribution is 6.77. The minimum absolute atomic E-state index is 0.0162. The van der Waals surface area contributed by atoms with Crippen molar-refractivity contribution in [3.8, 4) is 0 Å². The fourth-order valence-electron chi connectivity index (χ4n) is 7.02. The van der Waals surface area contributed by atoms with E-state index in [-0.39, 0.29) is 37.8 Å². The Hall–Kier alpha value is -4.64. The second-order valence-electron chi connectivity index (χ2n) is 13.5. The number of nitrogens with zero attached hydrogens (tertiary/aromatic N) is 1. The van der Waals surface area contributed by atoms with Crippen molar-refractivity contribution in [1.29, 1.82) is 0 Å². The monoisotopic (exact) mass is 670 g/mol. The first-order valence-corrected chi connectivity index (χ1v) is 20.0. The molecule has 2 aromatic rings. The molecule has 0 amide bonds. The van der Waals surface area contributed by atoms with Crippen LogP contribution >= 0.6 is 0 Å². The Morgan fingerprint density at radius 2 is 1.83 bits per heavy atom. The van der Waals surface area contributed by atoms with Crippen molar-refractivity contribution in [2.24, 2.45) is 0 Å². The second kappa shape index (κ2) is 13.5. The van der Waals surface area contributed by atoms with E-state index in [0.717, 1.165) is 41.9 Å². The van der Waals surface area contributed by atoms with Crippen LogP contribution in [0.3, 0.4) is 0 Å². The average molecular weight is 671 g/mol. The number of hydrogen-bond acceptors (Lipinski definition) is 10. The molecule has 0 radical (unpaired) electrons. The van der Waals surface area contributed by atoms with Crippen LogP contribution in [-0.2, 0) is 52.9 Å². The number of fused-ring (bicyclic) bond motifs is 3. The molecule has 252 valence electrons. The number of carbonyl (C=O) groups is 4. The maximum absolute atomic E-state index is 14.2. The molecule has 0 saturated carbocycles. The van der Waals surface area contributed by atoms with Gasteiger partial charge in [0, 0.05) is 38.3 Å². The predicted molar refractivity (Wildman–Crippen MR) is 181 cm³/mol. The molecule has 3 heterocycles. The van der Waals surface area contributed by atoms with Gasteiger partial charge in [0.25, 0.3) is 0 Å². The van der Waals surface area contributed by atoms with Gasteiger partial charge < -0.3 is 29.2 Å². The quantitative estimate of drug-likeness (QED) is 0.129. The van der Waals surface area contributed by atoms with E-state index in [1.807, 2.05) is 35.2 Å². The molecule has 11 heteroatoms. The summed E-state index contributed by atoms with van der Waals surface area (Å²) in [4.78, 5) is 53.6. The van der Waals surface area contributed by atoms with Crippen LogP contribution < -0.4 is 5.32 Å². The normalized spacial score (nSPS) is 19.8. The lowest BCUT2D eigenvalue weighted by Gasteiger charge is -2.39. The Kier molecular flexibility index (Phi) is 9.33. The maximum Gasteiger partial charge on any atom is 0.510 e. The van der Waals surface area contributed by atoms with Gasteiger partial charge in [-0.2, -0.15) is 0 Å². The average Bonchev–Trinajstić information content (AvgIpc) is 3.43. The Balaban J connectivity index is 1.19. The molecule has 1 aliphatic carbocycles. The van der Waals surface area contributed by atoms with Crippen LogP contribution in [0.15, 0.2) is 76.9 Å². The van der Waals surface area contributed by atoms with Gasteiger partial charge in [-0.15, -0.1) is 0 Å². The number of cyclic esters (lactones) is 1. The highest BCUT2D eigenvalue weighted by Gasteiger charge is 2.55. The molecule has 6 rings (SSSR count). The third-order valence-electron chi connectivity index (χ3n) is 9.74. The van der Waals surface area contributed by atoms with Gasteiger partial charge in [0.2, 0.25) is 11.4 Å². The number of aryl methyl sites for hydroxylation is 1. The fourth-order valence-corrected chi connectivity index (χ4v) is 9.32. The van der Waals surface area contributed by atoms with Gasteiger partial charge in [-0.1, -0.05) is 80.6 Å². The first-order valence-electron chi connectivity index (χ1n) is 16.6. The predicted octanol–water partition coefficient (Wildman–Crippen LogP) is 6.15. The molecule has 1 unspecified atom stereocenters. The number of esters is 2. The lowest BCUT2D eigenvalue weighted by Crippen LogP contribution is -2.51. The Morgan fingerprint density at radius 3 is 2.58 bits per heavy atom. The van der Waals surface area contributed by atoms with Gasteiger partial charge in [0.15, 0.2) is 0 Å². The molecule has 0 aromatic heterocycles. The van der Waals surface area contributed by atoms with Crippen LogP contribution in [0.5, 0.6) is 0 Å². The van der Waals surface area contributed by atoms with Crippen molar-refractivity contribution in [2.75, 3.05) is 13.2 Å². The van der Waals surface area contributed by atoms with Gasteiger partial charge in [0.05, 0.1) is 13.2 Å². The van der Waals surface area contributed by atoms with Crippen molar-refractivity contribution in [3.05, 3.63) is 99.1 Å². The van der Waals surface area contributed by atoms with Gasteiger partial charge in [0.1, 0.15) is 24.7 Å². The van der Waals surface area contributed by atoms with E-state index in [2.05, 4.69) is 42.7 Å². The number of hydrogen-bond donors (Lipinski definition) is 1. The molecule has 1 N–H and O–H groups in total. The summed E-state index contributed by atoms with van der Waals surface area (Å²) in [6, 6.07) is 17.7. The molecule has 0 bridgehead atoms. The minimum atomic E-state index is -1.76. The molecule has 48 heavy (non-hydrogen) atoms. The van der Waals surface area contributed by atoms with Crippen molar-refractivity contribution in [2.45, 2.75) is 83.5 Å². The number of Topliss-reactive ketones (excluding diaryl/α,β-unsaturated/α-hetero) is 1. The molecule has 10 nitrogen and oxygen atoms in total. The van der Waals surface area contributed by atoms with Crippen LogP contribution in [0.4, 0.5) is 4.79 Å². The molecule has 2 aromatic carbocycles. The first-order chi connectivity index (χ1) is 23.0. The minimum Gasteiger partial charge on any atom is -0.466 e. The molecule has 1 atom stereocenters. The standard InChI is InChI=1S/C37H42N2O8Si/c1-5-37(47-36(43)46-22-25-11-7-6-8-12-25)30-20-31-33(34(41)29(30)23-45-35(37)42)39-21-28-26(13-9-14-27(28)19-32(39)38-31)15-18-48(3,4)17-10-16-44-24(2)40/h6-9,11-14,19,38H,5,10,15-18,20-23H2,1-4H3. The molecule has 0 fully saturated rings. The van der Waals surface area contributed by atoms with E-state index >= 15 is 0 Å². The summed E-state index contributed by atoms with van der Waals surface area (Å²) in [6.45, 7) is 8.73. The molecule has 3 aliphatic heterocycles. The third kappa shape index (κ3) is 6.56. The van der Waals surface area contributed by atoms with E-state index < -0.39 is 25.8 Å². The summed E-state index contributed by atoms with van der Waals surface area (Å²) in [5, 5.41) is 3.45. The molecule has 0 saturated heterocycles. The van der Waals surface area contributed by atoms with Crippen molar-refractivity contribution in [1.82, 2.24) is 10.2 Å². The van der Waals surface area contributed by atoms with E-state index in [9.17, 15) is 19.2 Å². The Bertz CT molecular complexity index is 1740. The zero-order valence-corrected chi connectivity index (χ0v) is 29.0. The Labute approximate surface area is 281 Å². The summed E-state index contributed by atoms with van der Waals surface area (Å²) in [5.41, 5.74) is 4.57. The van der Waals surface area contributed by atoms with Gasteiger partial charge in [-0.3, -0.25) is 9.59 Å². The summed E-state index contributed by atoms with van der Waals surface area (Å²) in [7, 11) is -1.53. The summed E-state index contributed by atoms with van der Waals surface area (Å²) < 4.78 is 21.8. The number of nitrogens with one attached hydrogen (secondary N) is 1. The van der Waals surface area contributed by atoms with E-state index in [0.29, 0.717) is 35.7 Å². The number of benzene rings is 2. The van der Waals surface area contributed by atoms with E-state index in [4.69, 9.17) is 18.9 Å². The highest BCUT2D eigenvalue weighted by atomic mass is 28.3. The third-order valence-corrected chi connectivity index (χ3v) is 13.1. The van der Waals surface area contributed by atoms with Gasteiger partial charge in [-0.05, 0) is 47.6 Å². The van der Waals surface area contributed by atoms with Crippen molar-refractivity contribution in [3.63, 3.8) is 0 Å². The smallest absolute Gasteiger partial charge is 0.466 e. The topological polar surface area (TPSA) is 120 Å². The van der Waals surface area contributed by atoms with E-state index in [1.54, 1.807) is 6.92 Å². The van der Waals surface area contributed by atoms with Crippen LogP contribution in [0.1, 0.15) is 55.4 Å². The van der Waals surface area contributed by atoms with E-state index in [1.165, 1.54) is 18.1 Å². The molecule has 0 spiro atoms. The lowest BCUT2D eigenvalue weighted by molar-refractivity contribution is -0.166. The summed E-state index contributed by atoms with van der Waals surface area (Å²) >= 11 is 0. The zero-order chi connectivity index (χ0) is 34.1. The maximum atomic E-state index is 14.2. The molecular weight excluding hydrogens is 628 g/mol. The number of ketones is 1. The lowest BCUT2D eigenvalue weighted by atomic mass is 9.78. The highest BCUT2D eigenvalue weighted by Crippen LogP contribution is 2.46. The van der Waals surface area contributed by atoms with Gasteiger partial charge >= 0.3 is 18.1 Å². The van der Waals surface area contributed by atoms with Gasteiger partial charge in [-0.25, -0.2) is 9.59 Å². The summed E-state index contributed by atoms with van der Waals surface area (Å²) in [5.74, 6) is -0.383. The number of carbonyl (C=O) groups excluding carboxylic acids is 4. The SMILES string of the molecule is CCC1(OC(=O)OCc2ccccc2)C(=O)OCC2=C1CC1=C(C2=O)N2Cc3c(cccc3CC[Si](C)(C)CCCOC(C)=O)C=C2N1. The number of allylic oxidation sites excluding steroid dienone is 2. The van der Waals surface area contributed by atoms with Crippen molar-refractivity contribution < 1.29 is 38.1 Å². The summed E-state index contributed by atoms with van der Waals surface area (Å²) in [6.07, 6.45) is 3.20. The number of rotatable bonds is 11. The van der Waals surface area contributed by atoms with Crippen LogP contribution in [0.25, 0.3) is 6.08 Å². The first kappa shape index (κ1) is 33.3. The molecular formula is C37H42N2O8Si. The van der Waals surface area contributed by atoms with Crippen LogP contribution in [0.2, 0.25) is 25.2 Å². The van der Waals surface area contributed by atoms with Crippen LogP contribution in [0, 0.1) is 0 Å². The van der Waals surface area contributed by atoms with Crippen molar-refractivity contribution >= 4 is 38.0 Å². The second-order valence-corrected chi connectivity index (χ2v) is 18.8. The largest absolute Gasteiger partial charge is 0.510 e. The Morgan fingerprint density at radius 1 is 1.04 bits per heavy atom. The van der Waals surface area contributed by atoms with Crippen LogP contribution in [-0.4, -0.2) is 55.7 Å². The number of ether oxygens (including phenoxy) is 4. The zero-order valence-electron chi connectivity index (χ0n) is 28.0. The molecule has 4 aliphatic rings. The fraction of sp³-hybridized carbons (Fsp3) is 0.405.